The van der Waals surface area contributed by atoms with Crippen LogP contribution in [0.2, 0.25) is 0 Å². The number of carbonyl (C=O) groups excluding carboxylic acids is 1. The molecule has 0 spiro atoms. The SMILES string of the molecule is CCCCCc1ccc(CNC2CCN(S(=O)(=O)c3ccc(CC4(OC)C=CC=C(C(N)=O)C4)s3)CC2)cc1. The first-order chi connectivity index (χ1) is 18.7. The number of nitrogens with one attached hydrogen (secondary N) is 1. The Morgan fingerprint density at radius 3 is 2.51 bits per heavy atom. The lowest BCUT2D eigenvalue weighted by Gasteiger charge is -2.32. The van der Waals surface area contributed by atoms with Crippen LogP contribution in [0.3, 0.4) is 0 Å². The second-order valence-electron chi connectivity index (χ2n) is 10.6. The summed E-state index contributed by atoms with van der Waals surface area (Å²) in [4.78, 5) is 12.6. The highest BCUT2D eigenvalue weighted by Crippen LogP contribution is 2.34. The number of primary amides is 1. The maximum absolute atomic E-state index is 13.4. The van der Waals surface area contributed by atoms with Crippen molar-refractivity contribution in [2.75, 3.05) is 20.2 Å². The van der Waals surface area contributed by atoms with Crippen LogP contribution in [0.1, 0.15) is 61.5 Å². The van der Waals surface area contributed by atoms with Gasteiger partial charge in [-0.1, -0.05) is 62.3 Å². The first kappa shape index (κ1) is 29.7. The van der Waals surface area contributed by atoms with Gasteiger partial charge in [0.05, 0.1) is 5.60 Å². The highest BCUT2D eigenvalue weighted by molar-refractivity contribution is 7.91. The number of allylic oxidation sites excluding steroid dienone is 2. The summed E-state index contributed by atoms with van der Waals surface area (Å²) in [7, 11) is -1.96. The molecule has 1 fully saturated rings. The molecule has 2 aromatic rings. The molecule has 9 heteroatoms. The van der Waals surface area contributed by atoms with E-state index in [0.717, 1.165) is 30.7 Å². The van der Waals surface area contributed by atoms with Crippen LogP contribution in [0.25, 0.3) is 0 Å². The van der Waals surface area contributed by atoms with Gasteiger partial charge in [0.15, 0.2) is 0 Å². The molecule has 1 saturated heterocycles. The van der Waals surface area contributed by atoms with Gasteiger partial charge in [0.25, 0.3) is 10.0 Å². The Morgan fingerprint density at radius 2 is 1.85 bits per heavy atom. The summed E-state index contributed by atoms with van der Waals surface area (Å²) < 4.78 is 34.5. The first-order valence-corrected chi connectivity index (χ1v) is 16.1. The lowest BCUT2D eigenvalue weighted by molar-refractivity contribution is -0.115. The second kappa shape index (κ2) is 13.4. The van der Waals surface area contributed by atoms with Crippen LogP contribution < -0.4 is 11.1 Å². The summed E-state index contributed by atoms with van der Waals surface area (Å²) in [5.74, 6) is -0.469. The van der Waals surface area contributed by atoms with E-state index >= 15 is 0 Å². The molecule has 212 valence electrons. The molecule has 0 radical (unpaired) electrons. The van der Waals surface area contributed by atoms with Crippen LogP contribution in [0.15, 0.2) is 64.4 Å². The van der Waals surface area contributed by atoms with Gasteiger partial charge in [0.1, 0.15) is 4.21 Å². The number of hydrogen-bond donors (Lipinski definition) is 2. The number of methoxy groups -OCH3 is 1. The Kier molecular flexibility index (Phi) is 10.2. The Morgan fingerprint density at radius 1 is 1.13 bits per heavy atom. The molecular formula is C30H41N3O4S2. The Balaban J connectivity index is 1.28. The van der Waals surface area contributed by atoms with Crippen molar-refractivity contribution in [1.82, 2.24) is 9.62 Å². The third kappa shape index (κ3) is 7.67. The number of aryl methyl sites for hydroxylation is 1. The minimum absolute atomic E-state index is 0.298. The van der Waals surface area contributed by atoms with Gasteiger partial charge in [-0.15, -0.1) is 11.3 Å². The van der Waals surface area contributed by atoms with Gasteiger partial charge in [-0.05, 0) is 48.9 Å². The fraction of sp³-hybridized carbons (Fsp3) is 0.500. The van der Waals surface area contributed by atoms with Crippen LogP contribution in [0.4, 0.5) is 0 Å². The number of benzene rings is 1. The van der Waals surface area contributed by atoms with Gasteiger partial charge in [-0.3, -0.25) is 4.79 Å². The number of piperidine rings is 1. The minimum Gasteiger partial charge on any atom is -0.373 e. The average molecular weight is 572 g/mol. The van der Waals surface area contributed by atoms with E-state index in [1.165, 1.54) is 41.7 Å². The van der Waals surface area contributed by atoms with Crippen molar-refractivity contribution in [2.24, 2.45) is 5.73 Å². The molecule has 4 rings (SSSR count). The molecule has 1 atom stereocenters. The van der Waals surface area contributed by atoms with Crippen molar-refractivity contribution in [2.45, 2.75) is 80.7 Å². The van der Waals surface area contributed by atoms with Gasteiger partial charge in [0, 0.05) is 56.1 Å². The van der Waals surface area contributed by atoms with E-state index in [9.17, 15) is 13.2 Å². The number of unbranched alkanes of at least 4 members (excludes halogenated alkanes) is 2. The summed E-state index contributed by atoms with van der Waals surface area (Å²) in [6.45, 7) is 4.02. The zero-order valence-corrected chi connectivity index (χ0v) is 24.7. The third-order valence-corrected chi connectivity index (χ3v) is 11.2. The van der Waals surface area contributed by atoms with Crippen LogP contribution >= 0.6 is 11.3 Å². The second-order valence-corrected chi connectivity index (χ2v) is 13.9. The molecular weight excluding hydrogens is 530 g/mol. The summed E-state index contributed by atoms with van der Waals surface area (Å²) >= 11 is 1.27. The predicted molar refractivity (Wildman–Crippen MR) is 157 cm³/mol. The zero-order chi connectivity index (χ0) is 27.9. The predicted octanol–water partition coefficient (Wildman–Crippen LogP) is 4.72. The summed E-state index contributed by atoms with van der Waals surface area (Å²) in [6, 6.07) is 12.7. The fourth-order valence-electron chi connectivity index (χ4n) is 5.26. The zero-order valence-electron chi connectivity index (χ0n) is 23.0. The smallest absolute Gasteiger partial charge is 0.252 e. The maximum Gasteiger partial charge on any atom is 0.252 e. The van der Waals surface area contributed by atoms with E-state index in [2.05, 4.69) is 36.5 Å². The van der Waals surface area contributed by atoms with Gasteiger partial charge in [0.2, 0.25) is 5.91 Å². The van der Waals surface area contributed by atoms with Crippen molar-refractivity contribution >= 4 is 27.3 Å². The molecule has 0 bridgehead atoms. The van der Waals surface area contributed by atoms with Crippen molar-refractivity contribution in [3.05, 3.63) is 76.2 Å². The number of carbonyl (C=O) groups is 1. The van der Waals surface area contributed by atoms with E-state index in [4.69, 9.17) is 10.5 Å². The number of nitrogens with zero attached hydrogens (tertiary/aromatic N) is 1. The number of ether oxygens (including phenoxy) is 1. The van der Waals surface area contributed by atoms with E-state index in [1.54, 1.807) is 29.6 Å². The number of rotatable bonds is 13. The van der Waals surface area contributed by atoms with Gasteiger partial charge >= 0.3 is 0 Å². The highest BCUT2D eigenvalue weighted by atomic mass is 32.2. The summed E-state index contributed by atoms with van der Waals surface area (Å²) in [5, 5.41) is 3.62. The quantitative estimate of drug-likeness (QED) is 0.339. The van der Waals surface area contributed by atoms with Crippen LogP contribution in [0.5, 0.6) is 0 Å². The molecule has 0 saturated carbocycles. The Bertz CT molecular complexity index is 1280. The molecule has 1 aliphatic heterocycles. The van der Waals surface area contributed by atoms with Crippen molar-refractivity contribution in [3.63, 3.8) is 0 Å². The normalized spacial score (nSPS) is 20.7. The van der Waals surface area contributed by atoms with E-state index in [-0.39, 0.29) is 0 Å². The Labute approximate surface area is 237 Å². The topological polar surface area (TPSA) is 102 Å². The molecule has 7 nitrogen and oxygen atoms in total. The van der Waals surface area contributed by atoms with Gasteiger partial charge in [-0.25, -0.2) is 8.42 Å². The summed E-state index contributed by atoms with van der Waals surface area (Å²) in [6.07, 6.45) is 12.7. The number of hydrogen-bond acceptors (Lipinski definition) is 6. The van der Waals surface area contributed by atoms with Crippen molar-refractivity contribution in [1.29, 1.82) is 0 Å². The fourth-order valence-corrected chi connectivity index (χ4v) is 8.35. The largest absolute Gasteiger partial charge is 0.373 e. The molecule has 1 aliphatic carbocycles. The lowest BCUT2D eigenvalue weighted by Crippen LogP contribution is -2.44. The Hall–Kier alpha value is -2.30. The van der Waals surface area contributed by atoms with Crippen LogP contribution in [0, 0.1) is 0 Å². The molecule has 1 aromatic carbocycles. The number of thiophene rings is 1. The number of nitrogens with two attached hydrogens (primary N) is 1. The molecule has 1 aromatic heterocycles. The monoisotopic (exact) mass is 571 g/mol. The van der Waals surface area contributed by atoms with Crippen LogP contribution in [-0.2, 0) is 38.9 Å². The highest BCUT2D eigenvalue weighted by Gasteiger charge is 2.34. The van der Waals surface area contributed by atoms with E-state index < -0.39 is 21.5 Å². The van der Waals surface area contributed by atoms with Crippen molar-refractivity contribution in [3.8, 4) is 0 Å². The van der Waals surface area contributed by atoms with Gasteiger partial charge in [-0.2, -0.15) is 4.31 Å². The minimum atomic E-state index is -3.56. The standard InChI is InChI=1S/C30H41N3O4S2/c1-3-4-5-7-23-9-11-24(12-10-23)22-32-26-15-18-33(19-16-26)39(35,36)28-14-13-27(38-28)21-30(37-2)17-6-8-25(20-30)29(31)34/h6,8-14,17,26,32H,3-5,7,15-16,18-22H2,1-2H3,(H2,31,34). The summed E-state index contributed by atoms with van der Waals surface area (Å²) in [5.41, 5.74) is 7.91. The van der Waals surface area contributed by atoms with E-state index in [1.807, 2.05) is 12.1 Å². The maximum atomic E-state index is 13.4. The molecule has 39 heavy (non-hydrogen) atoms. The van der Waals surface area contributed by atoms with E-state index in [0.29, 0.717) is 41.8 Å². The molecule has 1 unspecified atom stereocenters. The average Bonchev–Trinajstić information content (AvgIpc) is 3.42. The molecule has 1 amide bonds. The van der Waals surface area contributed by atoms with Gasteiger partial charge < -0.3 is 15.8 Å². The first-order valence-electron chi connectivity index (χ1n) is 13.9. The molecule has 3 N–H and O–H groups in total. The lowest BCUT2D eigenvalue weighted by atomic mass is 9.86. The van der Waals surface area contributed by atoms with Crippen LogP contribution in [-0.4, -0.2) is 50.5 Å². The molecule has 2 heterocycles. The third-order valence-electron chi connectivity index (χ3n) is 7.76. The molecule has 2 aliphatic rings. The number of amides is 1. The number of sulfonamides is 1. The van der Waals surface area contributed by atoms with Crippen molar-refractivity contribution < 1.29 is 17.9 Å².